The van der Waals surface area contributed by atoms with Crippen LogP contribution in [0, 0.1) is 0 Å². The standard InChI is InChI=1S/C10H13BrO2/c1-3-13-9-5-4-8(7-12-2)10(11)6-9/h4-6H,3,7H2,1-2H3. The molecule has 0 heterocycles. The SMILES string of the molecule is CCOc1ccc(COC)c(Br)c1. The smallest absolute Gasteiger partial charge is 0.120 e. The summed E-state index contributed by atoms with van der Waals surface area (Å²) < 4.78 is 11.4. The van der Waals surface area contributed by atoms with Gasteiger partial charge in [0.05, 0.1) is 13.2 Å². The molecule has 1 aromatic carbocycles. The van der Waals surface area contributed by atoms with Crippen molar-refractivity contribution in [1.29, 1.82) is 0 Å². The molecule has 0 aliphatic carbocycles. The average Bonchev–Trinajstić information content (AvgIpc) is 2.10. The third-order valence-corrected chi connectivity index (χ3v) is 2.37. The lowest BCUT2D eigenvalue weighted by Gasteiger charge is -2.06. The van der Waals surface area contributed by atoms with Gasteiger partial charge in [-0.2, -0.15) is 0 Å². The van der Waals surface area contributed by atoms with Crippen LogP contribution in [0.1, 0.15) is 12.5 Å². The Morgan fingerprint density at radius 3 is 2.69 bits per heavy atom. The number of methoxy groups -OCH3 is 1. The topological polar surface area (TPSA) is 18.5 Å². The molecule has 0 radical (unpaired) electrons. The molecule has 0 amide bonds. The molecule has 1 rings (SSSR count). The largest absolute Gasteiger partial charge is 0.494 e. The van der Waals surface area contributed by atoms with Gasteiger partial charge in [-0.1, -0.05) is 22.0 Å². The Morgan fingerprint density at radius 2 is 2.15 bits per heavy atom. The molecule has 72 valence electrons. The van der Waals surface area contributed by atoms with Gasteiger partial charge >= 0.3 is 0 Å². The molecule has 0 fully saturated rings. The maximum atomic E-state index is 5.35. The number of hydrogen-bond acceptors (Lipinski definition) is 2. The third kappa shape index (κ3) is 3.01. The van der Waals surface area contributed by atoms with Crippen LogP contribution < -0.4 is 4.74 Å². The number of benzene rings is 1. The first kappa shape index (κ1) is 10.5. The molecular formula is C10H13BrO2. The summed E-state index contributed by atoms with van der Waals surface area (Å²) in [5, 5.41) is 0. The molecule has 2 nitrogen and oxygen atoms in total. The van der Waals surface area contributed by atoms with Crippen LogP contribution in [0.25, 0.3) is 0 Å². The summed E-state index contributed by atoms with van der Waals surface area (Å²) in [5.74, 6) is 0.884. The van der Waals surface area contributed by atoms with Gasteiger partial charge in [-0.15, -0.1) is 0 Å². The predicted molar refractivity (Wildman–Crippen MR) is 56.0 cm³/mol. The van der Waals surface area contributed by atoms with E-state index in [1.54, 1.807) is 7.11 Å². The highest BCUT2D eigenvalue weighted by Crippen LogP contribution is 2.23. The van der Waals surface area contributed by atoms with Crippen LogP contribution in [0.15, 0.2) is 22.7 Å². The summed E-state index contributed by atoms with van der Waals surface area (Å²) in [4.78, 5) is 0. The van der Waals surface area contributed by atoms with Gasteiger partial charge in [0.15, 0.2) is 0 Å². The van der Waals surface area contributed by atoms with Gasteiger partial charge < -0.3 is 9.47 Å². The van der Waals surface area contributed by atoms with E-state index in [1.807, 2.05) is 25.1 Å². The molecule has 1 aromatic rings. The first-order valence-corrected chi connectivity index (χ1v) is 4.97. The van der Waals surface area contributed by atoms with Gasteiger partial charge in [-0.3, -0.25) is 0 Å². The highest BCUT2D eigenvalue weighted by Gasteiger charge is 2.00. The molecule has 0 unspecified atom stereocenters. The molecule has 0 aliphatic rings. The van der Waals surface area contributed by atoms with Crippen molar-refractivity contribution < 1.29 is 9.47 Å². The summed E-state index contributed by atoms with van der Waals surface area (Å²) in [6.07, 6.45) is 0. The van der Waals surface area contributed by atoms with Gasteiger partial charge in [-0.25, -0.2) is 0 Å². The van der Waals surface area contributed by atoms with E-state index in [4.69, 9.17) is 9.47 Å². The fourth-order valence-electron chi connectivity index (χ4n) is 1.06. The fraction of sp³-hybridized carbons (Fsp3) is 0.400. The van der Waals surface area contributed by atoms with Crippen molar-refractivity contribution >= 4 is 15.9 Å². The molecule has 0 bridgehead atoms. The zero-order chi connectivity index (χ0) is 9.68. The lowest BCUT2D eigenvalue weighted by Crippen LogP contribution is -1.93. The first-order chi connectivity index (χ1) is 6.27. The van der Waals surface area contributed by atoms with Gasteiger partial charge in [0.1, 0.15) is 5.75 Å². The monoisotopic (exact) mass is 244 g/mol. The summed E-state index contributed by atoms with van der Waals surface area (Å²) in [5.41, 5.74) is 1.13. The minimum Gasteiger partial charge on any atom is -0.494 e. The second-order valence-electron chi connectivity index (χ2n) is 2.62. The summed E-state index contributed by atoms with van der Waals surface area (Å²) in [6.45, 7) is 3.28. The zero-order valence-electron chi connectivity index (χ0n) is 7.84. The molecule has 0 atom stereocenters. The molecule has 0 saturated carbocycles. The van der Waals surface area contributed by atoms with E-state index < -0.39 is 0 Å². The number of halogens is 1. The van der Waals surface area contributed by atoms with Crippen LogP contribution in [0.4, 0.5) is 0 Å². The molecule has 0 aromatic heterocycles. The van der Waals surface area contributed by atoms with Gasteiger partial charge in [-0.05, 0) is 24.6 Å². The second kappa shape index (κ2) is 5.25. The molecule has 13 heavy (non-hydrogen) atoms. The van der Waals surface area contributed by atoms with E-state index in [2.05, 4.69) is 15.9 Å². The Kier molecular flexibility index (Phi) is 4.25. The van der Waals surface area contributed by atoms with E-state index >= 15 is 0 Å². The number of ether oxygens (including phenoxy) is 2. The van der Waals surface area contributed by atoms with Crippen LogP contribution in [0.2, 0.25) is 0 Å². The molecular weight excluding hydrogens is 232 g/mol. The molecule has 0 spiro atoms. The van der Waals surface area contributed by atoms with Crippen molar-refractivity contribution in [2.45, 2.75) is 13.5 Å². The number of rotatable bonds is 4. The Morgan fingerprint density at radius 1 is 1.38 bits per heavy atom. The van der Waals surface area contributed by atoms with Crippen LogP contribution in [0.5, 0.6) is 5.75 Å². The minimum atomic E-state index is 0.618. The number of hydrogen-bond donors (Lipinski definition) is 0. The van der Waals surface area contributed by atoms with E-state index in [0.717, 1.165) is 15.8 Å². The van der Waals surface area contributed by atoms with Crippen molar-refractivity contribution in [1.82, 2.24) is 0 Å². The molecule has 0 N–H and O–H groups in total. The fourth-order valence-corrected chi connectivity index (χ4v) is 1.53. The van der Waals surface area contributed by atoms with Crippen molar-refractivity contribution in [3.8, 4) is 5.75 Å². The van der Waals surface area contributed by atoms with E-state index in [9.17, 15) is 0 Å². The van der Waals surface area contributed by atoms with Crippen molar-refractivity contribution in [2.75, 3.05) is 13.7 Å². The quantitative estimate of drug-likeness (QED) is 0.811. The van der Waals surface area contributed by atoms with Gasteiger partial charge in [0.25, 0.3) is 0 Å². The van der Waals surface area contributed by atoms with Crippen LogP contribution in [0.3, 0.4) is 0 Å². The third-order valence-electron chi connectivity index (χ3n) is 1.64. The normalized spacial score (nSPS) is 10.1. The van der Waals surface area contributed by atoms with Crippen molar-refractivity contribution in [3.05, 3.63) is 28.2 Å². The Hall–Kier alpha value is -0.540. The Labute approximate surface area is 87.0 Å². The van der Waals surface area contributed by atoms with Gasteiger partial charge in [0, 0.05) is 11.6 Å². The summed E-state index contributed by atoms with van der Waals surface area (Å²) in [7, 11) is 1.68. The van der Waals surface area contributed by atoms with Crippen LogP contribution >= 0.6 is 15.9 Å². The molecule has 3 heteroatoms. The van der Waals surface area contributed by atoms with Gasteiger partial charge in [0.2, 0.25) is 0 Å². The van der Waals surface area contributed by atoms with Crippen LogP contribution in [-0.2, 0) is 11.3 Å². The van der Waals surface area contributed by atoms with E-state index in [0.29, 0.717) is 13.2 Å². The predicted octanol–water partition coefficient (Wildman–Crippen LogP) is 2.99. The molecule has 0 saturated heterocycles. The maximum Gasteiger partial charge on any atom is 0.120 e. The lowest BCUT2D eigenvalue weighted by atomic mass is 10.2. The lowest BCUT2D eigenvalue weighted by molar-refractivity contribution is 0.184. The van der Waals surface area contributed by atoms with Crippen LogP contribution in [-0.4, -0.2) is 13.7 Å². The Balaban J connectivity index is 2.79. The van der Waals surface area contributed by atoms with Crippen molar-refractivity contribution in [2.24, 2.45) is 0 Å². The zero-order valence-corrected chi connectivity index (χ0v) is 9.43. The molecule has 0 aliphatic heterocycles. The summed E-state index contributed by atoms with van der Waals surface area (Å²) >= 11 is 3.46. The van der Waals surface area contributed by atoms with Crippen molar-refractivity contribution in [3.63, 3.8) is 0 Å². The van der Waals surface area contributed by atoms with E-state index in [-0.39, 0.29) is 0 Å². The minimum absolute atomic E-state index is 0.618. The highest BCUT2D eigenvalue weighted by molar-refractivity contribution is 9.10. The first-order valence-electron chi connectivity index (χ1n) is 4.18. The van der Waals surface area contributed by atoms with E-state index in [1.165, 1.54) is 0 Å². The second-order valence-corrected chi connectivity index (χ2v) is 3.47. The maximum absolute atomic E-state index is 5.35. The summed E-state index contributed by atoms with van der Waals surface area (Å²) in [6, 6.07) is 5.90. The average molecular weight is 245 g/mol. The highest BCUT2D eigenvalue weighted by atomic mass is 79.9. The Bertz CT molecular complexity index is 274.